The highest BCUT2D eigenvalue weighted by Crippen LogP contribution is 2.39. The molecule has 6 nitrogen and oxygen atoms in total. The molecule has 0 amide bonds. The molecule has 0 atom stereocenters. The highest BCUT2D eigenvalue weighted by atomic mass is 16.5. The fourth-order valence-electron chi connectivity index (χ4n) is 2.06. The number of anilines is 2. The normalized spacial score (nSPS) is 14.5. The fourth-order valence-corrected chi connectivity index (χ4v) is 2.06. The molecule has 2 rings (SSSR count). The van der Waals surface area contributed by atoms with Gasteiger partial charge >= 0.3 is 0 Å². The summed E-state index contributed by atoms with van der Waals surface area (Å²) in [5, 5.41) is 6.52. The SMILES string of the molecule is CNc1nc(C2CC2)nc(NCCOCCN(C)C)c1C. The van der Waals surface area contributed by atoms with E-state index in [2.05, 4.69) is 25.5 Å². The summed E-state index contributed by atoms with van der Waals surface area (Å²) in [7, 11) is 6.00. The van der Waals surface area contributed by atoms with Crippen molar-refractivity contribution in [3.63, 3.8) is 0 Å². The van der Waals surface area contributed by atoms with E-state index >= 15 is 0 Å². The van der Waals surface area contributed by atoms with Crippen molar-refractivity contribution in [1.82, 2.24) is 14.9 Å². The van der Waals surface area contributed by atoms with Gasteiger partial charge in [0.2, 0.25) is 0 Å². The zero-order chi connectivity index (χ0) is 15.2. The van der Waals surface area contributed by atoms with Gasteiger partial charge in [0, 0.05) is 31.6 Å². The van der Waals surface area contributed by atoms with Crippen LogP contribution in [-0.4, -0.2) is 62.3 Å². The maximum atomic E-state index is 5.59. The Kier molecular flexibility index (Phi) is 5.76. The molecule has 1 heterocycles. The van der Waals surface area contributed by atoms with Crippen LogP contribution in [0.15, 0.2) is 0 Å². The Balaban J connectivity index is 1.85. The van der Waals surface area contributed by atoms with Crippen molar-refractivity contribution in [3.05, 3.63) is 11.4 Å². The first-order chi connectivity index (χ1) is 10.1. The first-order valence-electron chi connectivity index (χ1n) is 7.64. The number of hydrogen-bond acceptors (Lipinski definition) is 6. The van der Waals surface area contributed by atoms with Gasteiger partial charge in [0.05, 0.1) is 13.2 Å². The molecule has 0 aliphatic heterocycles. The third-order valence-corrected chi connectivity index (χ3v) is 3.56. The Morgan fingerprint density at radius 2 is 1.90 bits per heavy atom. The van der Waals surface area contributed by atoms with Gasteiger partial charge in [-0.05, 0) is 33.9 Å². The predicted octanol–water partition coefficient (Wildman–Crippen LogP) is 1.69. The maximum absolute atomic E-state index is 5.59. The number of ether oxygens (including phenoxy) is 1. The van der Waals surface area contributed by atoms with Gasteiger partial charge < -0.3 is 20.3 Å². The third-order valence-electron chi connectivity index (χ3n) is 3.56. The van der Waals surface area contributed by atoms with Crippen molar-refractivity contribution < 1.29 is 4.74 Å². The van der Waals surface area contributed by atoms with Crippen LogP contribution in [0.25, 0.3) is 0 Å². The molecule has 1 aliphatic rings. The van der Waals surface area contributed by atoms with Gasteiger partial charge in [-0.15, -0.1) is 0 Å². The lowest BCUT2D eigenvalue weighted by Gasteiger charge is -2.14. The van der Waals surface area contributed by atoms with Crippen LogP contribution < -0.4 is 10.6 Å². The molecule has 1 aliphatic carbocycles. The minimum atomic E-state index is 0.551. The quantitative estimate of drug-likeness (QED) is 0.676. The monoisotopic (exact) mass is 293 g/mol. The number of likely N-dealkylation sites (N-methyl/N-ethyl adjacent to an activating group) is 1. The van der Waals surface area contributed by atoms with Crippen molar-refractivity contribution in [2.24, 2.45) is 0 Å². The van der Waals surface area contributed by atoms with E-state index in [-0.39, 0.29) is 0 Å². The van der Waals surface area contributed by atoms with E-state index in [9.17, 15) is 0 Å². The molecule has 1 aromatic heterocycles. The molecule has 0 radical (unpaired) electrons. The van der Waals surface area contributed by atoms with Crippen LogP contribution in [0.1, 0.15) is 30.1 Å². The maximum Gasteiger partial charge on any atom is 0.136 e. The fraction of sp³-hybridized carbons (Fsp3) is 0.733. The molecular formula is C15H27N5O. The zero-order valence-electron chi connectivity index (χ0n) is 13.6. The molecule has 0 aromatic carbocycles. The summed E-state index contributed by atoms with van der Waals surface area (Å²) in [5.74, 6) is 3.35. The van der Waals surface area contributed by atoms with Gasteiger partial charge in [-0.25, -0.2) is 9.97 Å². The lowest BCUT2D eigenvalue weighted by atomic mass is 10.2. The first kappa shape index (κ1) is 16.0. The summed E-state index contributed by atoms with van der Waals surface area (Å²) < 4.78 is 5.59. The third kappa shape index (κ3) is 4.82. The number of aromatic nitrogens is 2. The predicted molar refractivity (Wildman–Crippen MR) is 86.2 cm³/mol. The van der Waals surface area contributed by atoms with Gasteiger partial charge in [0.15, 0.2) is 0 Å². The van der Waals surface area contributed by atoms with Crippen LogP contribution in [0, 0.1) is 6.92 Å². The van der Waals surface area contributed by atoms with Crippen molar-refractivity contribution >= 4 is 11.6 Å². The van der Waals surface area contributed by atoms with Crippen molar-refractivity contribution in [2.75, 3.05) is 58.1 Å². The summed E-state index contributed by atoms with van der Waals surface area (Å²) in [6.07, 6.45) is 2.42. The highest BCUT2D eigenvalue weighted by molar-refractivity contribution is 5.57. The van der Waals surface area contributed by atoms with Gasteiger partial charge in [0.1, 0.15) is 17.5 Å². The number of nitrogens with one attached hydrogen (secondary N) is 2. The molecule has 6 heteroatoms. The summed E-state index contributed by atoms with van der Waals surface area (Å²) in [6, 6.07) is 0. The Bertz CT molecular complexity index is 460. The first-order valence-corrected chi connectivity index (χ1v) is 7.64. The van der Waals surface area contributed by atoms with Crippen LogP contribution in [0.5, 0.6) is 0 Å². The lowest BCUT2D eigenvalue weighted by Crippen LogP contribution is -2.20. The summed E-state index contributed by atoms with van der Waals surface area (Å²) in [6.45, 7) is 5.19. The second kappa shape index (κ2) is 7.56. The second-order valence-electron chi connectivity index (χ2n) is 5.77. The van der Waals surface area contributed by atoms with E-state index in [4.69, 9.17) is 4.74 Å². The minimum absolute atomic E-state index is 0.551. The standard InChI is InChI=1S/C15H27N5O/c1-11-13(16-2)18-15(12-5-6-12)19-14(11)17-7-9-21-10-8-20(3)4/h12H,5-10H2,1-4H3,(H2,16,17,18,19). The molecule has 0 unspecified atom stereocenters. The van der Waals surface area contributed by atoms with Crippen molar-refractivity contribution in [2.45, 2.75) is 25.7 Å². The van der Waals surface area contributed by atoms with E-state index in [0.717, 1.165) is 42.7 Å². The molecule has 0 bridgehead atoms. The Hall–Kier alpha value is -1.40. The summed E-state index contributed by atoms with van der Waals surface area (Å²) in [5.41, 5.74) is 1.06. The van der Waals surface area contributed by atoms with E-state index < -0.39 is 0 Å². The zero-order valence-corrected chi connectivity index (χ0v) is 13.6. The van der Waals surface area contributed by atoms with Crippen molar-refractivity contribution in [1.29, 1.82) is 0 Å². The summed E-state index contributed by atoms with van der Waals surface area (Å²) >= 11 is 0. The molecular weight excluding hydrogens is 266 g/mol. The van der Waals surface area contributed by atoms with Crippen LogP contribution in [-0.2, 0) is 4.74 Å². The van der Waals surface area contributed by atoms with Gasteiger partial charge in [-0.3, -0.25) is 0 Å². The lowest BCUT2D eigenvalue weighted by molar-refractivity contribution is 0.126. The highest BCUT2D eigenvalue weighted by Gasteiger charge is 2.28. The van der Waals surface area contributed by atoms with E-state index in [1.807, 2.05) is 28.1 Å². The number of hydrogen-bond donors (Lipinski definition) is 2. The van der Waals surface area contributed by atoms with Crippen LogP contribution >= 0.6 is 0 Å². The van der Waals surface area contributed by atoms with E-state index in [1.165, 1.54) is 12.8 Å². The van der Waals surface area contributed by atoms with Gasteiger partial charge in [0.25, 0.3) is 0 Å². The Morgan fingerprint density at radius 1 is 1.19 bits per heavy atom. The molecule has 1 fully saturated rings. The van der Waals surface area contributed by atoms with Crippen LogP contribution in [0.2, 0.25) is 0 Å². The largest absolute Gasteiger partial charge is 0.378 e. The number of nitrogens with zero attached hydrogens (tertiary/aromatic N) is 3. The van der Waals surface area contributed by atoms with E-state index in [1.54, 1.807) is 0 Å². The van der Waals surface area contributed by atoms with Crippen LogP contribution in [0.3, 0.4) is 0 Å². The molecule has 2 N–H and O–H groups in total. The summed E-state index contributed by atoms with van der Waals surface area (Å²) in [4.78, 5) is 11.4. The van der Waals surface area contributed by atoms with Crippen LogP contribution in [0.4, 0.5) is 11.6 Å². The minimum Gasteiger partial charge on any atom is -0.378 e. The molecule has 1 aromatic rings. The van der Waals surface area contributed by atoms with Crippen molar-refractivity contribution in [3.8, 4) is 0 Å². The van der Waals surface area contributed by atoms with Gasteiger partial charge in [-0.1, -0.05) is 0 Å². The average Bonchev–Trinajstić information content (AvgIpc) is 3.28. The topological polar surface area (TPSA) is 62.3 Å². The molecule has 21 heavy (non-hydrogen) atoms. The Morgan fingerprint density at radius 3 is 2.52 bits per heavy atom. The molecule has 118 valence electrons. The Labute approximate surface area is 127 Å². The molecule has 0 spiro atoms. The average molecular weight is 293 g/mol. The van der Waals surface area contributed by atoms with E-state index in [0.29, 0.717) is 12.5 Å². The number of rotatable bonds is 9. The molecule has 1 saturated carbocycles. The van der Waals surface area contributed by atoms with Gasteiger partial charge in [-0.2, -0.15) is 0 Å². The molecule has 0 saturated heterocycles. The second-order valence-corrected chi connectivity index (χ2v) is 5.77. The smallest absolute Gasteiger partial charge is 0.136 e.